The molecule has 2 rings (SSSR count). The van der Waals surface area contributed by atoms with Gasteiger partial charge >= 0.3 is 0 Å². The lowest BCUT2D eigenvalue weighted by Crippen LogP contribution is -2.18. The van der Waals surface area contributed by atoms with Crippen LogP contribution in [0, 0.1) is 6.92 Å². The van der Waals surface area contributed by atoms with E-state index in [4.69, 9.17) is 10.5 Å². The highest BCUT2D eigenvalue weighted by Gasteiger charge is 2.19. The zero-order valence-electron chi connectivity index (χ0n) is 11.8. The van der Waals surface area contributed by atoms with Gasteiger partial charge in [-0.1, -0.05) is 0 Å². The molecule has 0 spiro atoms. The third-order valence-electron chi connectivity index (χ3n) is 3.04. The number of methoxy groups -OCH3 is 1. The lowest BCUT2D eigenvalue weighted by atomic mass is 10.2. The Morgan fingerprint density at radius 3 is 2.60 bits per heavy atom. The van der Waals surface area contributed by atoms with E-state index in [1.165, 1.54) is 0 Å². The lowest BCUT2D eigenvalue weighted by Gasteiger charge is -2.08. The molecular weight excluding hydrogens is 256 g/mol. The molecule has 106 valence electrons. The summed E-state index contributed by atoms with van der Waals surface area (Å²) < 4.78 is 6.67. The van der Waals surface area contributed by atoms with Crippen LogP contribution in [0.1, 0.15) is 23.1 Å². The molecule has 0 aliphatic heterocycles. The molecule has 6 heteroatoms. The van der Waals surface area contributed by atoms with E-state index in [0.29, 0.717) is 29.3 Å². The number of aromatic nitrogens is 2. The van der Waals surface area contributed by atoms with E-state index >= 15 is 0 Å². The van der Waals surface area contributed by atoms with Gasteiger partial charge in [-0.3, -0.25) is 9.48 Å². The van der Waals surface area contributed by atoms with Crippen LogP contribution in [-0.2, 0) is 6.54 Å². The number of nitrogens with one attached hydrogen (secondary N) is 1. The maximum Gasteiger partial charge on any atom is 0.276 e. The summed E-state index contributed by atoms with van der Waals surface area (Å²) in [7, 11) is 1.59. The molecule has 0 saturated heterocycles. The first-order valence-corrected chi connectivity index (χ1v) is 6.35. The SMILES string of the molecule is CCn1nc(C)c(N)c1C(=O)Nc1ccc(OC)cc1. The number of hydrogen-bond donors (Lipinski definition) is 2. The van der Waals surface area contributed by atoms with Crippen molar-refractivity contribution < 1.29 is 9.53 Å². The van der Waals surface area contributed by atoms with Crippen molar-refractivity contribution in [2.24, 2.45) is 0 Å². The van der Waals surface area contributed by atoms with E-state index < -0.39 is 0 Å². The molecular formula is C14H18N4O2. The van der Waals surface area contributed by atoms with Crippen molar-refractivity contribution in [3.05, 3.63) is 35.7 Å². The van der Waals surface area contributed by atoms with Crippen LogP contribution < -0.4 is 15.8 Å². The van der Waals surface area contributed by atoms with Crippen LogP contribution in [0.25, 0.3) is 0 Å². The Morgan fingerprint density at radius 1 is 1.40 bits per heavy atom. The van der Waals surface area contributed by atoms with E-state index in [1.54, 1.807) is 43.0 Å². The number of amides is 1. The number of hydrogen-bond acceptors (Lipinski definition) is 4. The second kappa shape index (κ2) is 5.64. The van der Waals surface area contributed by atoms with Crippen LogP contribution in [0.4, 0.5) is 11.4 Å². The smallest absolute Gasteiger partial charge is 0.276 e. The third kappa shape index (κ3) is 2.59. The van der Waals surface area contributed by atoms with Gasteiger partial charge < -0.3 is 15.8 Å². The molecule has 1 aromatic carbocycles. The molecule has 3 N–H and O–H groups in total. The summed E-state index contributed by atoms with van der Waals surface area (Å²) in [4.78, 5) is 12.3. The number of anilines is 2. The van der Waals surface area contributed by atoms with Crippen molar-refractivity contribution in [2.75, 3.05) is 18.2 Å². The minimum atomic E-state index is -0.268. The molecule has 0 atom stereocenters. The van der Waals surface area contributed by atoms with E-state index in [0.717, 1.165) is 5.75 Å². The normalized spacial score (nSPS) is 10.3. The molecule has 2 aromatic rings. The van der Waals surface area contributed by atoms with Gasteiger partial charge in [-0.15, -0.1) is 0 Å². The van der Waals surface area contributed by atoms with Crippen LogP contribution >= 0.6 is 0 Å². The van der Waals surface area contributed by atoms with Gasteiger partial charge in [0.2, 0.25) is 0 Å². The number of nitrogens with zero attached hydrogens (tertiary/aromatic N) is 2. The fourth-order valence-corrected chi connectivity index (χ4v) is 1.93. The first kappa shape index (κ1) is 13.9. The lowest BCUT2D eigenvalue weighted by molar-refractivity contribution is 0.101. The number of nitrogen functional groups attached to an aromatic ring is 1. The van der Waals surface area contributed by atoms with Crippen LogP contribution in [0.15, 0.2) is 24.3 Å². The van der Waals surface area contributed by atoms with Crippen molar-refractivity contribution >= 4 is 17.3 Å². The molecule has 0 unspecified atom stereocenters. The van der Waals surface area contributed by atoms with Crippen LogP contribution in [0.3, 0.4) is 0 Å². The number of rotatable bonds is 4. The van der Waals surface area contributed by atoms with Crippen molar-refractivity contribution in [3.8, 4) is 5.75 Å². The average Bonchev–Trinajstić information content (AvgIpc) is 2.75. The number of aryl methyl sites for hydroxylation is 2. The summed E-state index contributed by atoms with van der Waals surface area (Å²) in [6.07, 6.45) is 0. The average molecular weight is 274 g/mol. The zero-order chi connectivity index (χ0) is 14.7. The maximum absolute atomic E-state index is 12.3. The van der Waals surface area contributed by atoms with Crippen molar-refractivity contribution in [1.29, 1.82) is 0 Å². The molecule has 0 aliphatic carbocycles. The molecule has 0 aliphatic rings. The summed E-state index contributed by atoms with van der Waals surface area (Å²) in [5.74, 6) is 0.465. The maximum atomic E-state index is 12.3. The monoisotopic (exact) mass is 274 g/mol. The second-order valence-corrected chi connectivity index (χ2v) is 4.35. The Hall–Kier alpha value is -2.50. The number of carbonyl (C=O) groups is 1. The number of nitrogens with two attached hydrogens (primary N) is 1. The summed E-state index contributed by atoms with van der Waals surface area (Å²) in [5.41, 5.74) is 8.06. The van der Waals surface area contributed by atoms with Gasteiger partial charge in [0, 0.05) is 12.2 Å². The Balaban J connectivity index is 2.23. The molecule has 1 amide bonds. The summed E-state index contributed by atoms with van der Waals surface area (Å²) in [5, 5.41) is 7.03. The topological polar surface area (TPSA) is 82.2 Å². The van der Waals surface area contributed by atoms with Crippen LogP contribution in [-0.4, -0.2) is 22.8 Å². The van der Waals surface area contributed by atoms with E-state index in [1.807, 2.05) is 6.92 Å². The fourth-order valence-electron chi connectivity index (χ4n) is 1.93. The number of ether oxygens (including phenoxy) is 1. The first-order valence-electron chi connectivity index (χ1n) is 6.35. The van der Waals surface area contributed by atoms with E-state index in [-0.39, 0.29) is 5.91 Å². The highest BCUT2D eigenvalue weighted by atomic mass is 16.5. The molecule has 0 radical (unpaired) electrons. The highest BCUT2D eigenvalue weighted by molar-refractivity contribution is 6.06. The molecule has 0 saturated carbocycles. The Morgan fingerprint density at radius 2 is 2.05 bits per heavy atom. The van der Waals surface area contributed by atoms with Crippen LogP contribution in [0.2, 0.25) is 0 Å². The van der Waals surface area contributed by atoms with E-state index in [9.17, 15) is 4.79 Å². The summed E-state index contributed by atoms with van der Waals surface area (Å²) in [6.45, 7) is 4.28. The molecule has 1 aromatic heterocycles. The van der Waals surface area contributed by atoms with Crippen molar-refractivity contribution in [1.82, 2.24) is 9.78 Å². The fraction of sp³-hybridized carbons (Fsp3) is 0.286. The van der Waals surface area contributed by atoms with Gasteiger partial charge in [-0.25, -0.2) is 0 Å². The van der Waals surface area contributed by atoms with E-state index in [2.05, 4.69) is 10.4 Å². The molecule has 1 heterocycles. The summed E-state index contributed by atoms with van der Waals surface area (Å²) >= 11 is 0. The molecule has 6 nitrogen and oxygen atoms in total. The second-order valence-electron chi connectivity index (χ2n) is 4.35. The Kier molecular flexibility index (Phi) is 3.93. The largest absolute Gasteiger partial charge is 0.497 e. The minimum absolute atomic E-state index is 0.268. The Bertz CT molecular complexity index is 617. The molecule has 0 fully saturated rings. The van der Waals surface area contributed by atoms with Gasteiger partial charge in [0.15, 0.2) is 0 Å². The molecule has 20 heavy (non-hydrogen) atoms. The Labute approximate surface area is 117 Å². The van der Waals surface area contributed by atoms with Gasteiger partial charge in [-0.2, -0.15) is 5.10 Å². The van der Waals surface area contributed by atoms with Crippen molar-refractivity contribution in [2.45, 2.75) is 20.4 Å². The zero-order valence-corrected chi connectivity index (χ0v) is 11.8. The minimum Gasteiger partial charge on any atom is -0.497 e. The molecule has 0 bridgehead atoms. The predicted octanol–water partition coefficient (Wildman–Crippen LogP) is 2.05. The third-order valence-corrected chi connectivity index (χ3v) is 3.04. The first-order chi connectivity index (χ1) is 9.56. The van der Waals surface area contributed by atoms with Gasteiger partial charge in [0.05, 0.1) is 18.5 Å². The number of carbonyl (C=O) groups excluding carboxylic acids is 1. The van der Waals surface area contributed by atoms with Gasteiger partial charge in [0.25, 0.3) is 5.91 Å². The standard InChI is InChI=1S/C14H18N4O2/c1-4-18-13(12(15)9(2)17-18)14(19)16-10-5-7-11(20-3)8-6-10/h5-8H,4,15H2,1-3H3,(H,16,19). The predicted molar refractivity (Wildman–Crippen MR) is 78.0 cm³/mol. The van der Waals surface area contributed by atoms with Gasteiger partial charge in [0.1, 0.15) is 11.4 Å². The summed E-state index contributed by atoms with van der Waals surface area (Å²) in [6, 6.07) is 7.10. The van der Waals surface area contributed by atoms with Gasteiger partial charge in [-0.05, 0) is 38.1 Å². The van der Waals surface area contributed by atoms with Crippen molar-refractivity contribution in [3.63, 3.8) is 0 Å². The highest BCUT2D eigenvalue weighted by Crippen LogP contribution is 2.20. The quantitative estimate of drug-likeness (QED) is 0.894. The van der Waals surface area contributed by atoms with Crippen LogP contribution in [0.5, 0.6) is 5.75 Å². The number of benzene rings is 1.